The Morgan fingerprint density at radius 3 is 2.56 bits per heavy atom. The van der Waals surface area contributed by atoms with Gasteiger partial charge in [-0.15, -0.1) is 0 Å². The van der Waals surface area contributed by atoms with Gasteiger partial charge >= 0.3 is 0 Å². The summed E-state index contributed by atoms with van der Waals surface area (Å²) in [5, 5.41) is 10.3. The zero-order valence-corrected chi connectivity index (χ0v) is 11.7. The molecule has 0 radical (unpaired) electrons. The summed E-state index contributed by atoms with van der Waals surface area (Å²) < 4.78 is 0. The number of fused-ring (bicyclic) bond motifs is 1. The van der Waals surface area contributed by atoms with Crippen LogP contribution in [0.15, 0.2) is 0 Å². The van der Waals surface area contributed by atoms with E-state index in [9.17, 15) is 5.11 Å². The molecule has 1 heterocycles. The molecule has 3 rings (SSSR count). The van der Waals surface area contributed by atoms with E-state index in [-0.39, 0.29) is 6.10 Å². The minimum absolute atomic E-state index is 0.0625. The predicted octanol–water partition coefficient (Wildman–Crippen LogP) is 3.19. The molecule has 0 bridgehead atoms. The van der Waals surface area contributed by atoms with Crippen LogP contribution in [0.25, 0.3) is 0 Å². The first-order valence-electron chi connectivity index (χ1n) is 8.25. The van der Waals surface area contributed by atoms with E-state index in [1.807, 2.05) is 0 Å². The minimum Gasteiger partial charge on any atom is -0.392 e. The molecule has 3 fully saturated rings. The molecular formula is C16H29NO. The SMILES string of the molecule is OC(CC1CCCC1)CN1CCCC2CCCC21. The largest absolute Gasteiger partial charge is 0.392 e. The number of hydrogen-bond acceptors (Lipinski definition) is 2. The van der Waals surface area contributed by atoms with Gasteiger partial charge < -0.3 is 5.11 Å². The molecule has 18 heavy (non-hydrogen) atoms. The Bertz CT molecular complexity index is 262. The molecule has 2 nitrogen and oxygen atoms in total. The van der Waals surface area contributed by atoms with Gasteiger partial charge in [-0.1, -0.05) is 32.1 Å². The van der Waals surface area contributed by atoms with Crippen molar-refractivity contribution >= 4 is 0 Å². The third-order valence-corrected chi connectivity index (χ3v) is 5.63. The third kappa shape index (κ3) is 2.91. The molecule has 0 amide bonds. The number of β-amino-alcohol motifs (C(OH)–C–C–N with tert-alkyl or cyclic N) is 1. The first-order valence-corrected chi connectivity index (χ1v) is 8.25. The van der Waals surface area contributed by atoms with Crippen molar-refractivity contribution in [1.82, 2.24) is 4.90 Å². The van der Waals surface area contributed by atoms with Crippen LogP contribution in [-0.2, 0) is 0 Å². The Morgan fingerprint density at radius 2 is 1.72 bits per heavy atom. The number of aliphatic hydroxyl groups is 1. The molecule has 1 aliphatic heterocycles. The smallest absolute Gasteiger partial charge is 0.0669 e. The van der Waals surface area contributed by atoms with Gasteiger partial charge in [0.25, 0.3) is 0 Å². The highest BCUT2D eigenvalue weighted by Gasteiger charge is 2.35. The summed E-state index contributed by atoms with van der Waals surface area (Å²) in [6, 6.07) is 0.817. The minimum atomic E-state index is -0.0625. The summed E-state index contributed by atoms with van der Waals surface area (Å²) in [6.45, 7) is 2.20. The van der Waals surface area contributed by atoms with Gasteiger partial charge in [0.2, 0.25) is 0 Å². The second kappa shape index (κ2) is 5.92. The maximum Gasteiger partial charge on any atom is 0.0669 e. The van der Waals surface area contributed by atoms with Gasteiger partial charge in [-0.2, -0.15) is 0 Å². The molecule has 3 atom stereocenters. The van der Waals surface area contributed by atoms with E-state index in [1.165, 1.54) is 64.3 Å². The zero-order chi connectivity index (χ0) is 12.4. The van der Waals surface area contributed by atoms with Crippen LogP contribution >= 0.6 is 0 Å². The van der Waals surface area contributed by atoms with Gasteiger partial charge in [0.1, 0.15) is 0 Å². The predicted molar refractivity (Wildman–Crippen MR) is 74.5 cm³/mol. The standard InChI is InChI=1S/C16H29NO/c18-15(11-13-5-1-2-6-13)12-17-10-4-8-14-7-3-9-16(14)17/h13-16,18H,1-12H2. The maximum absolute atomic E-state index is 10.3. The van der Waals surface area contributed by atoms with Crippen molar-refractivity contribution in [2.45, 2.75) is 76.4 Å². The molecule has 2 aliphatic carbocycles. The Balaban J connectivity index is 1.48. The van der Waals surface area contributed by atoms with Gasteiger partial charge in [0, 0.05) is 12.6 Å². The Morgan fingerprint density at radius 1 is 0.944 bits per heavy atom. The summed E-state index contributed by atoms with van der Waals surface area (Å²) in [5.41, 5.74) is 0. The van der Waals surface area contributed by atoms with Gasteiger partial charge in [-0.25, -0.2) is 0 Å². The summed E-state index contributed by atoms with van der Waals surface area (Å²) in [4.78, 5) is 2.63. The van der Waals surface area contributed by atoms with Crippen molar-refractivity contribution in [2.24, 2.45) is 11.8 Å². The van der Waals surface area contributed by atoms with E-state index in [1.54, 1.807) is 0 Å². The number of nitrogens with zero attached hydrogens (tertiary/aromatic N) is 1. The van der Waals surface area contributed by atoms with E-state index in [0.29, 0.717) is 0 Å². The molecule has 1 N–H and O–H groups in total. The fraction of sp³-hybridized carbons (Fsp3) is 1.00. The average Bonchev–Trinajstić information content (AvgIpc) is 2.99. The summed E-state index contributed by atoms with van der Waals surface area (Å²) in [6.07, 6.45) is 13.6. The molecule has 2 heteroatoms. The lowest BCUT2D eigenvalue weighted by Crippen LogP contribution is -2.46. The lowest BCUT2D eigenvalue weighted by molar-refractivity contribution is 0.0405. The van der Waals surface area contributed by atoms with Gasteiger partial charge in [-0.05, 0) is 50.5 Å². The van der Waals surface area contributed by atoms with E-state index in [4.69, 9.17) is 0 Å². The maximum atomic E-state index is 10.3. The highest BCUT2D eigenvalue weighted by Crippen LogP contribution is 2.37. The van der Waals surface area contributed by atoms with E-state index >= 15 is 0 Å². The van der Waals surface area contributed by atoms with Crippen molar-refractivity contribution in [3.8, 4) is 0 Å². The molecule has 2 saturated carbocycles. The lowest BCUT2D eigenvalue weighted by Gasteiger charge is -2.39. The van der Waals surface area contributed by atoms with Crippen LogP contribution in [0, 0.1) is 11.8 Å². The number of piperidine rings is 1. The van der Waals surface area contributed by atoms with Crippen molar-refractivity contribution in [2.75, 3.05) is 13.1 Å². The number of likely N-dealkylation sites (tertiary alicyclic amines) is 1. The van der Waals surface area contributed by atoms with Crippen LogP contribution in [0.5, 0.6) is 0 Å². The van der Waals surface area contributed by atoms with Gasteiger partial charge in [0.05, 0.1) is 6.10 Å². The van der Waals surface area contributed by atoms with Gasteiger partial charge in [-0.3, -0.25) is 4.90 Å². The molecule has 0 aromatic rings. The van der Waals surface area contributed by atoms with Crippen molar-refractivity contribution in [3.63, 3.8) is 0 Å². The number of hydrogen-bond donors (Lipinski definition) is 1. The topological polar surface area (TPSA) is 23.5 Å². The Labute approximate surface area is 112 Å². The highest BCUT2D eigenvalue weighted by molar-refractivity contribution is 4.90. The normalized spacial score (nSPS) is 35.8. The molecule has 0 aromatic carbocycles. The Kier molecular flexibility index (Phi) is 4.25. The van der Waals surface area contributed by atoms with Crippen LogP contribution in [0.3, 0.4) is 0 Å². The molecule has 104 valence electrons. The second-order valence-electron chi connectivity index (χ2n) is 6.94. The fourth-order valence-electron chi connectivity index (χ4n) is 4.76. The van der Waals surface area contributed by atoms with Crippen LogP contribution in [0.1, 0.15) is 64.2 Å². The van der Waals surface area contributed by atoms with Crippen molar-refractivity contribution in [1.29, 1.82) is 0 Å². The third-order valence-electron chi connectivity index (χ3n) is 5.63. The molecule has 1 saturated heterocycles. The summed E-state index contributed by atoms with van der Waals surface area (Å²) in [7, 11) is 0. The first kappa shape index (κ1) is 12.9. The fourth-order valence-corrected chi connectivity index (χ4v) is 4.76. The molecule has 0 spiro atoms. The van der Waals surface area contributed by atoms with E-state index in [0.717, 1.165) is 30.8 Å². The first-order chi connectivity index (χ1) is 8.83. The van der Waals surface area contributed by atoms with E-state index < -0.39 is 0 Å². The number of aliphatic hydroxyl groups excluding tert-OH is 1. The zero-order valence-electron chi connectivity index (χ0n) is 11.7. The summed E-state index contributed by atoms with van der Waals surface area (Å²) >= 11 is 0. The van der Waals surface area contributed by atoms with Gasteiger partial charge in [0.15, 0.2) is 0 Å². The molecule has 0 aromatic heterocycles. The lowest BCUT2D eigenvalue weighted by atomic mass is 9.91. The summed E-state index contributed by atoms with van der Waals surface area (Å²) in [5.74, 6) is 1.78. The monoisotopic (exact) mass is 251 g/mol. The Hall–Kier alpha value is -0.0800. The van der Waals surface area contributed by atoms with Crippen LogP contribution in [0.4, 0.5) is 0 Å². The molecule has 3 unspecified atom stereocenters. The van der Waals surface area contributed by atoms with Crippen molar-refractivity contribution < 1.29 is 5.11 Å². The van der Waals surface area contributed by atoms with Crippen LogP contribution in [-0.4, -0.2) is 35.2 Å². The van der Waals surface area contributed by atoms with E-state index in [2.05, 4.69) is 4.90 Å². The average molecular weight is 251 g/mol. The van der Waals surface area contributed by atoms with Crippen LogP contribution in [0.2, 0.25) is 0 Å². The molecule has 3 aliphatic rings. The second-order valence-corrected chi connectivity index (χ2v) is 6.94. The number of rotatable bonds is 4. The quantitative estimate of drug-likeness (QED) is 0.829. The van der Waals surface area contributed by atoms with Crippen molar-refractivity contribution in [3.05, 3.63) is 0 Å². The molecular weight excluding hydrogens is 222 g/mol. The van der Waals surface area contributed by atoms with Crippen LogP contribution < -0.4 is 0 Å². The highest BCUT2D eigenvalue weighted by atomic mass is 16.3.